The van der Waals surface area contributed by atoms with Crippen LogP contribution in [0.5, 0.6) is 0 Å². The maximum atomic E-state index is 12.6. The van der Waals surface area contributed by atoms with Gasteiger partial charge in [0.15, 0.2) is 0 Å². The Morgan fingerprint density at radius 2 is 1.06 bits per heavy atom. The number of carbonyl (C=O) groups is 8. The predicted octanol–water partition coefficient (Wildman–Crippen LogP) is -5.66. The number of nitrogens with two attached hydrogens (primary N) is 4. The molecule has 4 atom stereocenters. The summed E-state index contributed by atoms with van der Waals surface area (Å²) in [6.07, 6.45) is -3.22. The fourth-order valence-corrected chi connectivity index (χ4v) is 2.47. The summed E-state index contributed by atoms with van der Waals surface area (Å²) in [5.74, 6) is -9.52. The molecule has 190 valence electrons. The second kappa shape index (κ2) is 14.0. The topological polar surface area (TPSA) is 317 Å². The summed E-state index contributed by atoms with van der Waals surface area (Å²) in [6.45, 7) is 0. The highest BCUT2D eigenvalue weighted by atomic mass is 16.4. The summed E-state index contributed by atoms with van der Waals surface area (Å²) >= 11 is 0. The van der Waals surface area contributed by atoms with Crippen LogP contribution in [0.2, 0.25) is 0 Å². The van der Waals surface area contributed by atoms with E-state index >= 15 is 0 Å². The third kappa shape index (κ3) is 11.9. The lowest BCUT2D eigenvalue weighted by Crippen LogP contribution is -2.58. The molecule has 0 aliphatic rings. The lowest BCUT2D eigenvalue weighted by molar-refractivity contribution is -0.143. The van der Waals surface area contributed by atoms with Crippen LogP contribution in [0.4, 0.5) is 0 Å². The van der Waals surface area contributed by atoms with E-state index < -0.39 is 104 Å². The number of primary amides is 3. The highest BCUT2D eigenvalue weighted by Crippen LogP contribution is 2.03. The lowest BCUT2D eigenvalue weighted by Gasteiger charge is -2.24. The van der Waals surface area contributed by atoms with Crippen LogP contribution in [0.15, 0.2) is 0 Å². The van der Waals surface area contributed by atoms with Gasteiger partial charge in [0.2, 0.25) is 35.4 Å². The number of carboxylic acid groups (broad SMARTS) is 2. The zero-order chi connectivity index (χ0) is 26.6. The van der Waals surface area contributed by atoms with Gasteiger partial charge in [-0.25, -0.2) is 4.79 Å². The highest BCUT2D eigenvalue weighted by molar-refractivity contribution is 5.97. The van der Waals surface area contributed by atoms with Gasteiger partial charge >= 0.3 is 11.9 Å². The second-order valence-corrected chi connectivity index (χ2v) is 7.07. The molecule has 0 aromatic carbocycles. The van der Waals surface area contributed by atoms with Crippen LogP contribution in [-0.4, -0.2) is 81.8 Å². The molecule has 4 unspecified atom stereocenters. The SMILES string of the molecule is NC(=O)CCC(NC(=O)C(CC(N)=O)NC(=O)C(CC(=O)O)NC(=O)C(N)CC(N)=O)C(=O)O. The van der Waals surface area contributed by atoms with E-state index in [1.165, 1.54) is 0 Å². The first kappa shape index (κ1) is 29.7. The molecule has 13 N–H and O–H groups in total. The van der Waals surface area contributed by atoms with E-state index in [1.807, 2.05) is 16.0 Å². The minimum absolute atomic E-state index is 0.400. The van der Waals surface area contributed by atoms with Gasteiger partial charge in [-0.1, -0.05) is 0 Å². The first-order valence-corrected chi connectivity index (χ1v) is 9.60. The number of carboxylic acids is 2. The van der Waals surface area contributed by atoms with Crippen molar-refractivity contribution in [3.05, 3.63) is 0 Å². The maximum Gasteiger partial charge on any atom is 0.326 e. The molecule has 0 spiro atoms. The molecule has 0 saturated heterocycles. The second-order valence-electron chi connectivity index (χ2n) is 7.07. The van der Waals surface area contributed by atoms with Crippen LogP contribution < -0.4 is 38.9 Å². The summed E-state index contributed by atoms with van der Waals surface area (Å²) in [5.41, 5.74) is 20.4. The Morgan fingerprint density at radius 3 is 1.47 bits per heavy atom. The molecule has 17 nitrogen and oxygen atoms in total. The van der Waals surface area contributed by atoms with E-state index in [4.69, 9.17) is 28.0 Å². The smallest absolute Gasteiger partial charge is 0.326 e. The average Bonchev–Trinajstić information content (AvgIpc) is 2.68. The van der Waals surface area contributed by atoms with Gasteiger partial charge in [-0.2, -0.15) is 0 Å². The molecule has 17 heteroatoms. The van der Waals surface area contributed by atoms with Crippen molar-refractivity contribution in [3.8, 4) is 0 Å². The van der Waals surface area contributed by atoms with Crippen molar-refractivity contribution in [1.82, 2.24) is 16.0 Å². The number of hydrogen-bond donors (Lipinski definition) is 9. The Kier molecular flexibility index (Phi) is 12.2. The van der Waals surface area contributed by atoms with Crippen molar-refractivity contribution in [3.63, 3.8) is 0 Å². The van der Waals surface area contributed by atoms with Crippen molar-refractivity contribution < 1.29 is 48.6 Å². The summed E-state index contributed by atoms with van der Waals surface area (Å²) in [7, 11) is 0. The van der Waals surface area contributed by atoms with Gasteiger partial charge in [0.25, 0.3) is 0 Å². The molecule has 0 bridgehead atoms. The number of carbonyl (C=O) groups excluding carboxylic acids is 6. The monoisotopic (exact) mass is 489 g/mol. The van der Waals surface area contributed by atoms with Crippen molar-refractivity contribution in [2.24, 2.45) is 22.9 Å². The molecule has 0 saturated carbocycles. The summed E-state index contributed by atoms with van der Waals surface area (Å²) in [4.78, 5) is 92.6. The van der Waals surface area contributed by atoms with Crippen LogP contribution in [0.1, 0.15) is 32.1 Å². The molecule has 0 radical (unpaired) electrons. The molecule has 0 aliphatic heterocycles. The number of aliphatic carboxylic acids is 2. The Labute approximate surface area is 191 Å². The van der Waals surface area contributed by atoms with E-state index in [2.05, 4.69) is 0 Å². The quantitative estimate of drug-likeness (QED) is 0.0983. The third-order valence-electron chi connectivity index (χ3n) is 4.10. The van der Waals surface area contributed by atoms with Gasteiger partial charge in [-0.3, -0.25) is 33.6 Å². The zero-order valence-electron chi connectivity index (χ0n) is 17.8. The number of amides is 6. The Morgan fingerprint density at radius 1 is 0.618 bits per heavy atom. The number of rotatable bonds is 16. The largest absolute Gasteiger partial charge is 0.481 e. The van der Waals surface area contributed by atoms with E-state index in [-0.39, 0.29) is 0 Å². The molecule has 0 fully saturated rings. The predicted molar refractivity (Wildman–Crippen MR) is 110 cm³/mol. The fraction of sp³-hybridized carbons (Fsp3) is 0.529. The highest BCUT2D eigenvalue weighted by Gasteiger charge is 2.32. The molecule has 34 heavy (non-hydrogen) atoms. The fourth-order valence-electron chi connectivity index (χ4n) is 2.47. The van der Waals surface area contributed by atoms with Gasteiger partial charge in [-0.15, -0.1) is 0 Å². The zero-order valence-corrected chi connectivity index (χ0v) is 17.8. The standard InChI is InChI=1S/C17H27N7O10/c18-6(3-11(20)26)14(30)23-9(5-13(28)29)16(32)24-8(4-12(21)27)15(31)22-7(17(33)34)1-2-10(19)25/h6-9H,1-5,18H2,(H2,19,25)(H2,20,26)(H2,21,27)(H,22,31)(H,23,30)(H,24,32)(H,28,29)(H,33,34). The van der Waals surface area contributed by atoms with Crippen LogP contribution in [0.3, 0.4) is 0 Å². The molecule has 0 heterocycles. The van der Waals surface area contributed by atoms with Crippen molar-refractivity contribution in [1.29, 1.82) is 0 Å². The van der Waals surface area contributed by atoms with Crippen LogP contribution in [0.25, 0.3) is 0 Å². The number of nitrogens with one attached hydrogen (secondary N) is 3. The summed E-state index contributed by atoms with van der Waals surface area (Å²) < 4.78 is 0. The van der Waals surface area contributed by atoms with Gasteiger partial charge in [0.05, 0.1) is 25.3 Å². The Hall–Kier alpha value is -4.28. The van der Waals surface area contributed by atoms with E-state index in [0.29, 0.717) is 0 Å². The van der Waals surface area contributed by atoms with Crippen LogP contribution in [-0.2, 0) is 38.4 Å². The minimum Gasteiger partial charge on any atom is -0.481 e. The van der Waals surface area contributed by atoms with Gasteiger partial charge in [0, 0.05) is 6.42 Å². The first-order chi connectivity index (χ1) is 15.6. The molecular weight excluding hydrogens is 462 g/mol. The van der Waals surface area contributed by atoms with E-state index in [0.717, 1.165) is 0 Å². The van der Waals surface area contributed by atoms with Gasteiger partial charge in [0.1, 0.15) is 18.1 Å². The normalized spacial score (nSPS) is 13.9. The summed E-state index contributed by atoms with van der Waals surface area (Å²) in [6, 6.07) is -6.70. The molecule has 0 aromatic heterocycles. The van der Waals surface area contributed by atoms with E-state index in [9.17, 15) is 43.5 Å². The Bertz CT molecular complexity index is 847. The average molecular weight is 489 g/mol. The third-order valence-corrected chi connectivity index (χ3v) is 4.10. The maximum absolute atomic E-state index is 12.6. The molecule has 0 aliphatic carbocycles. The van der Waals surface area contributed by atoms with Crippen molar-refractivity contribution >= 4 is 47.4 Å². The van der Waals surface area contributed by atoms with Gasteiger partial charge < -0.3 is 49.1 Å². The van der Waals surface area contributed by atoms with Crippen molar-refractivity contribution in [2.45, 2.75) is 56.3 Å². The summed E-state index contributed by atoms with van der Waals surface area (Å²) in [5, 5.41) is 24.2. The van der Waals surface area contributed by atoms with Gasteiger partial charge in [-0.05, 0) is 6.42 Å². The molecular formula is C17H27N7O10. The number of hydrogen-bond acceptors (Lipinski definition) is 9. The molecule has 0 rings (SSSR count). The first-order valence-electron chi connectivity index (χ1n) is 9.60. The van der Waals surface area contributed by atoms with Crippen LogP contribution in [0, 0.1) is 0 Å². The van der Waals surface area contributed by atoms with Crippen molar-refractivity contribution in [2.75, 3.05) is 0 Å². The molecule has 6 amide bonds. The molecule has 0 aromatic rings. The lowest BCUT2D eigenvalue weighted by atomic mass is 10.1. The van der Waals surface area contributed by atoms with E-state index in [1.54, 1.807) is 0 Å². The van der Waals surface area contributed by atoms with Crippen LogP contribution >= 0.6 is 0 Å². The Balaban J connectivity index is 5.56. The minimum atomic E-state index is -1.81.